The number of aromatic nitrogens is 3. The fraction of sp³-hybridized carbons (Fsp3) is 0. The molecule has 0 atom stereocenters. The molecule has 0 unspecified atom stereocenters. The fourth-order valence-electron chi connectivity index (χ4n) is 6.35. The van der Waals surface area contributed by atoms with Gasteiger partial charge in [-0.1, -0.05) is 140 Å². The van der Waals surface area contributed by atoms with E-state index in [9.17, 15) is 0 Å². The van der Waals surface area contributed by atoms with Crippen LogP contribution in [0.2, 0.25) is 0 Å². The average Bonchev–Trinajstić information content (AvgIpc) is 3.54. The van der Waals surface area contributed by atoms with Gasteiger partial charge >= 0.3 is 0 Å². The van der Waals surface area contributed by atoms with Crippen LogP contribution in [0.15, 0.2) is 168 Å². The highest BCUT2D eigenvalue weighted by atomic mass is 16.3. The first-order valence-electron chi connectivity index (χ1n) is 15.7. The summed E-state index contributed by atoms with van der Waals surface area (Å²) in [6.45, 7) is 0. The van der Waals surface area contributed by atoms with Crippen LogP contribution in [-0.4, -0.2) is 15.0 Å². The van der Waals surface area contributed by atoms with Gasteiger partial charge in [0.15, 0.2) is 17.5 Å². The molecule has 0 N–H and O–H groups in total. The Morgan fingerprint density at radius 3 is 1.64 bits per heavy atom. The van der Waals surface area contributed by atoms with Crippen LogP contribution in [0, 0.1) is 0 Å². The Morgan fingerprint density at radius 2 is 0.872 bits per heavy atom. The van der Waals surface area contributed by atoms with E-state index in [0.717, 1.165) is 55.0 Å². The molecule has 9 rings (SSSR count). The van der Waals surface area contributed by atoms with E-state index in [2.05, 4.69) is 121 Å². The first-order valence-corrected chi connectivity index (χ1v) is 15.7. The molecule has 0 amide bonds. The third kappa shape index (κ3) is 4.93. The van der Waals surface area contributed by atoms with Crippen LogP contribution in [0.3, 0.4) is 0 Å². The normalized spacial score (nSPS) is 11.4. The minimum absolute atomic E-state index is 0.604. The summed E-state index contributed by atoms with van der Waals surface area (Å²) in [5.41, 5.74) is 9.06. The van der Waals surface area contributed by atoms with Gasteiger partial charge in [-0.25, -0.2) is 15.0 Å². The third-order valence-corrected chi connectivity index (χ3v) is 8.73. The summed E-state index contributed by atoms with van der Waals surface area (Å²) < 4.78 is 6.22. The topological polar surface area (TPSA) is 51.8 Å². The Hall–Kier alpha value is -6.39. The molecule has 0 aliphatic carbocycles. The van der Waals surface area contributed by atoms with E-state index in [4.69, 9.17) is 19.4 Å². The van der Waals surface area contributed by atoms with Crippen molar-refractivity contribution in [2.75, 3.05) is 0 Å². The second-order valence-corrected chi connectivity index (χ2v) is 11.7. The predicted octanol–water partition coefficient (Wildman–Crippen LogP) is 11.3. The van der Waals surface area contributed by atoms with E-state index in [-0.39, 0.29) is 0 Å². The molecule has 9 aromatic rings. The molecule has 0 aliphatic heterocycles. The van der Waals surface area contributed by atoms with Gasteiger partial charge in [0.25, 0.3) is 0 Å². The van der Waals surface area contributed by atoms with E-state index >= 15 is 0 Å². The first-order chi connectivity index (χ1) is 23.3. The van der Waals surface area contributed by atoms with Crippen molar-refractivity contribution in [2.24, 2.45) is 0 Å². The molecule has 47 heavy (non-hydrogen) atoms. The number of para-hydroxylation sites is 1. The zero-order chi connectivity index (χ0) is 31.2. The molecule has 4 heteroatoms. The van der Waals surface area contributed by atoms with Crippen molar-refractivity contribution in [3.8, 4) is 56.4 Å². The molecule has 0 aliphatic rings. The molecule has 4 nitrogen and oxygen atoms in total. The number of rotatable bonds is 5. The van der Waals surface area contributed by atoms with Gasteiger partial charge in [-0.3, -0.25) is 0 Å². The Kier molecular flexibility index (Phi) is 6.43. The molecule has 7 aromatic carbocycles. The smallest absolute Gasteiger partial charge is 0.164 e. The maximum Gasteiger partial charge on any atom is 0.164 e. The summed E-state index contributed by atoms with van der Waals surface area (Å²) in [7, 11) is 0. The third-order valence-electron chi connectivity index (χ3n) is 8.73. The summed E-state index contributed by atoms with van der Waals surface area (Å²) in [4.78, 5) is 15.3. The molecule has 0 saturated heterocycles. The molecule has 2 aromatic heterocycles. The zero-order valence-electron chi connectivity index (χ0n) is 25.3. The maximum atomic E-state index is 6.22. The summed E-state index contributed by atoms with van der Waals surface area (Å²) in [5.74, 6) is 1.84. The van der Waals surface area contributed by atoms with Crippen molar-refractivity contribution in [3.63, 3.8) is 0 Å². The minimum Gasteiger partial charge on any atom is -0.456 e. The molecule has 0 saturated carbocycles. The molecule has 0 fully saturated rings. The highest BCUT2D eigenvalue weighted by Gasteiger charge is 2.18. The van der Waals surface area contributed by atoms with Crippen molar-refractivity contribution in [1.29, 1.82) is 0 Å². The molecule has 0 spiro atoms. The Morgan fingerprint density at radius 1 is 0.340 bits per heavy atom. The van der Waals surface area contributed by atoms with Crippen LogP contribution in [0.4, 0.5) is 0 Å². The summed E-state index contributed by atoms with van der Waals surface area (Å²) in [5, 5.41) is 4.32. The Bertz CT molecular complexity index is 2550. The number of furan rings is 1. The van der Waals surface area contributed by atoms with Crippen LogP contribution in [0.1, 0.15) is 0 Å². The van der Waals surface area contributed by atoms with Crippen LogP contribution < -0.4 is 0 Å². The lowest BCUT2D eigenvalue weighted by atomic mass is 9.99. The van der Waals surface area contributed by atoms with E-state index in [1.807, 2.05) is 42.5 Å². The molecular formula is C43H27N3O. The highest BCUT2D eigenvalue weighted by molar-refractivity contribution is 6.11. The number of hydrogen-bond donors (Lipinski definition) is 0. The van der Waals surface area contributed by atoms with Crippen molar-refractivity contribution in [3.05, 3.63) is 164 Å². The first kappa shape index (κ1) is 27.0. The van der Waals surface area contributed by atoms with Crippen molar-refractivity contribution in [1.82, 2.24) is 15.0 Å². The van der Waals surface area contributed by atoms with Gasteiger partial charge in [0.2, 0.25) is 0 Å². The lowest BCUT2D eigenvalue weighted by molar-refractivity contribution is 0.669. The molecule has 0 bridgehead atoms. The van der Waals surface area contributed by atoms with Crippen LogP contribution in [0.5, 0.6) is 0 Å². The van der Waals surface area contributed by atoms with Gasteiger partial charge in [-0.05, 0) is 57.3 Å². The summed E-state index contributed by atoms with van der Waals surface area (Å²) >= 11 is 0. The largest absolute Gasteiger partial charge is 0.456 e. The Labute approximate surface area is 271 Å². The summed E-state index contributed by atoms with van der Waals surface area (Å²) in [6, 6.07) is 56.4. The molecule has 2 heterocycles. The zero-order valence-corrected chi connectivity index (χ0v) is 25.3. The molecular weight excluding hydrogens is 574 g/mol. The van der Waals surface area contributed by atoms with Gasteiger partial charge in [-0.2, -0.15) is 0 Å². The standard InChI is InChI=1S/C43H27N3O/c1-3-10-28(11-4-1)30-18-22-32(23-19-30)41-44-42(34-25-21-31-20-24-33(26-35(31)27-34)29-12-5-2-6-13-29)46-43(45-41)37-15-9-17-39-40(37)36-14-7-8-16-38(36)47-39/h1-27H. The SMILES string of the molecule is c1ccc(-c2ccc(-c3nc(-c4ccc5ccc(-c6ccccc6)cc5c4)nc(-c4cccc5oc6ccccc6c45)n3)cc2)cc1. The second-order valence-electron chi connectivity index (χ2n) is 11.7. The highest BCUT2D eigenvalue weighted by Crippen LogP contribution is 2.37. The quantitative estimate of drug-likeness (QED) is 0.197. The minimum atomic E-state index is 0.604. The lowest BCUT2D eigenvalue weighted by Gasteiger charge is -2.11. The van der Waals surface area contributed by atoms with E-state index in [1.165, 1.54) is 16.7 Å². The predicted molar refractivity (Wildman–Crippen MR) is 192 cm³/mol. The summed E-state index contributed by atoms with van der Waals surface area (Å²) in [6.07, 6.45) is 0. The van der Waals surface area contributed by atoms with Crippen molar-refractivity contribution < 1.29 is 4.42 Å². The lowest BCUT2D eigenvalue weighted by Crippen LogP contribution is -2.00. The number of nitrogens with zero attached hydrogens (tertiary/aromatic N) is 3. The van der Waals surface area contributed by atoms with Crippen molar-refractivity contribution in [2.45, 2.75) is 0 Å². The fourth-order valence-corrected chi connectivity index (χ4v) is 6.35. The van der Waals surface area contributed by atoms with Gasteiger partial charge in [-0.15, -0.1) is 0 Å². The Balaban J connectivity index is 1.23. The maximum absolute atomic E-state index is 6.22. The molecule has 220 valence electrons. The van der Waals surface area contributed by atoms with Crippen LogP contribution >= 0.6 is 0 Å². The van der Waals surface area contributed by atoms with Crippen molar-refractivity contribution >= 4 is 32.7 Å². The van der Waals surface area contributed by atoms with E-state index in [1.54, 1.807) is 0 Å². The van der Waals surface area contributed by atoms with Gasteiger partial charge < -0.3 is 4.42 Å². The number of hydrogen-bond acceptors (Lipinski definition) is 4. The monoisotopic (exact) mass is 601 g/mol. The van der Waals surface area contributed by atoms with Crippen LogP contribution in [0.25, 0.3) is 89.1 Å². The van der Waals surface area contributed by atoms with Gasteiger partial charge in [0.1, 0.15) is 11.2 Å². The molecule has 0 radical (unpaired) electrons. The second kappa shape index (κ2) is 11.2. The van der Waals surface area contributed by atoms with Gasteiger partial charge in [0, 0.05) is 27.5 Å². The van der Waals surface area contributed by atoms with Crippen LogP contribution in [-0.2, 0) is 0 Å². The number of fused-ring (bicyclic) bond motifs is 4. The van der Waals surface area contributed by atoms with E-state index < -0.39 is 0 Å². The van der Waals surface area contributed by atoms with Gasteiger partial charge in [0.05, 0.1) is 0 Å². The van der Waals surface area contributed by atoms with E-state index in [0.29, 0.717) is 17.5 Å². The number of benzene rings is 7. The average molecular weight is 602 g/mol.